The van der Waals surface area contributed by atoms with Crippen LogP contribution in [-0.2, 0) is 4.74 Å². The van der Waals surface area contributed by atoms with E-state index in [-0.39, 0.29) is 40.3 Å². The average molecular weight is 466 g/mol. The third-order valence-corrected chi connectivity index (χ3v) is 5.75. The van der Waals surface area contributed by atoms with Crippen LogP contribution < -0.4 is 21.8 Å². The highest BCUT2D eigenvalue weighted by Crippen LogP contribution is 2.32. The van der Waals surface area contributed by atoms with Crippen LogP contribution >= 0.6 is 0 Å². The molecule has 1 aliphatic heterocycles. The van der Waals surface area contributed by atoms with E-state index in [9.17, 15) is 19.5 Å². The highest BCUT2D eigenvalue weighted by molar-refractivity contribution is 5.99. The summed E-state index contributed by atoms with van der Waals surface area (Å²) in [6.45, 7) is 3.68. The number of aromatic nitrogens is 2. The predicted molar refractivity (Wildman–Crippen MR) is 129 cm³/mol. The van der Waals surface area contributed by atoms with Crippen molar-refractivity contribution in [2.45, 2.75) is 19.4 Å². The molecule has 0 bridgehead atoms. The number of ether oxygens (including phenoxy) is 1. The van der Waals surface area contributed by atoms with Crippen LogP contribution in [0.25, 0.3) is 0 Å². The Morgan fingerprint density at radius 1 is 1.03 bits per heavy atom. The minimum Gasteiger partial charge on any atom is -0.505 e. The molecule has 2 aromatic carbocycles. The van der Waals surface area contributed by atoms with Crippen LogP contribution in [0.2, 0.25) is 0 Å². The Morgan fingerprint density at radius 2 is 1.71 bits per heavy atom. The van der Waals surface area contributed by atoms with E-state index in [0.717, 1.165) is 5.56 Å². The number of rotatable bonds is 7. The summed E-state index contributed by atoms with van der Waals surface area (Å²) in [5.41, 5.74) is 0.0278. The van der Waals surface area contributed by atoms with Gasteiger partial charge in [-0.15, -0.1) is 0 Å². The van der Waals surface area contributed by atoms with Gasteiger partial charge in [0.1, 0.15) is 11.4 Å². The molecule has 1 atom stereocenters. The molecule has 0 aliphatic carbocycles. The van der Waals surface area contributed by atoms with Crippen molar-refractivity contribution >= 4 is 23.0 Å². The minimum absolute atomic E-state index is 0.0313. The van der Waals surface area contributed by atoms with Crippen molar-refractivity contribution in [3.8, 4) is 5.75 Å². The zero-order chi connectivity index (χ0) is 24.1. The summed E-state index contributed by atoms with van der Waals surface area (Å²) in [5.74, 6) is -0.641. The van der Waals surface area contributed by atoms with E-state index in [1.54, 1.807) is 11.0 Å². The SMILES string of the molecule is CCC(Nc1c(Nc2cccc(C(=O)N3CCOCC3)c2O)c(=O)[nH][nH]c1=O)c1ccccc1. The molecule has 1 saturated heterocycles. The summed E-state index contributed by atoms with van der Waals surface area (Å²) < 4.78 is 5.28. The van der Waals surface area contributed by atoms with Crippen molar-refractivity contribution in [1.82, 2.24) is 15.1 Å². The molecule has 0 radical (unpaired) electrons. The molecule has 2 heterocycles. The molecule has 10 nitrogen and oxygen atoms in total. The first-order chi connectivity index (χ1) is 16.5. The standard InChI is InChI=1S/C24H27N5O5/c1-2-17(15-7-4-3-5-8-15)25-19-20(23(32)28-27-22(19)31)26-18-10-6-9-16(21(18)30)24(33)29-11-13-34-14-12-29/h3-10,17,30H,2,11-14H2,1H3,(H2,25,28,32)(H2,26,27,31). The first-order valence-electron chi connectivity index (χ1n) is 11.1. The lowest BCUT2D eigenvalue weighted by Gasteiger charge is -2.27. The Hall–Kier alpha value is -4.05. The van der Waals surface area contributed by atoms with Gasteiger partial charge in [0.05, 0.1) is 30.5 Å². The summed E-state index contributed by atoms with van der Waals surface area (Å²) in [7, 11) is 0. The summed E-state index contributed by atoms with van der Waals surface area (Å²) in [6.07, 6.45) is 0.657. The fraction of sp³-hybridized carbons (Fsp3) is 0.292. The molecule has 34 heavy (non-hydrogen) atoms. The van der Waals surface area contributed by atoms with Gasteiger partial charge in [0, 0.05) is 13.1 Å². The predicted octanol–water partition coefficient (Wildman–Crippen LogP) is 2.55. The third kappa shape index (κ3) is 4.81. The Labute approximate surface area is 195 Å². The van der Waals surface area contributed by atoms with Gasteiger partial charge >= 0.3 is 0 Å². The molecule has 0 spiro atoms. The van der Waals surface area contributed by atoms with E-state index in [4.69, 9.17) is 4.74 Å². The molecular formula is C24H27N5O5. The molecule has 1 amide bonds. The Balaban J connectivity index is 1.67. The monoisotopic (exact) mass is 465 g/mol. The number of morpholine rings is 1. The van der Waals surface area contributed by atoms with E-state index >= 15 is 0 Å². The number of hydrogen-bond acceptors (Lipinski definition) is 7. The molecule has 1 aromatic heterocycles. The van der Waals surface area contributed by atoms with Crippen LogP contribution in [0.5, 0.6) is 5.75 Å². The lowest BCUT2D eigenvalue weighted by Crippen LogP contribution is -2.40. The van der Waals surface area contributed by atoms with Crippen LogP contribution in [-0.4, -0.2) is 52.4 Å². The quantitative estimate of drug-likeness (QED) is 0.338. The lowest BCUT2D eigenvalue weighted by molar-refractivity contribution is 0.0301. The number of hydrogen-bond donors (Lipinski definition) is 5. The van der Waals surface area contributed by atoms with Crippen molar-refractivity contribution in [3.63, 3.8) is 0 Å². The molecule has 1 fully saturated rings. The first kappa shape index (κ1) is 23.1. The van der Waals surface area contributed by atoms with Gasteiger partial charge in [-0.1, -0.05) is 43.3 Å². The smallest absolute Gasteiger partial charge is 0.288 e. The molecule has 3 aromatic rings. The van der Waals surface area contributed by atoms with E-state index in [1.807, 2.05) is 37.3 Å². The highest BCUT2D eigenvalue weighted by Gasteiger charge is 2.24. The lowest BCUT2D eigenvalue weighted by atomic mass is 10.0. The van der Waals surface area contributed by atoms with Crippen LogP contribution in [0.4, 0.5) is 17.1 Å². The first-order valence-corrected chi connectivity index (χ1v) is 11.1. The van der Waals surface area contributed by atoms with Gasteiger partial charge in [0.25, 0.3) is 17.0 Å². The second kappa shape index (κ2) is 10.3. The maximum atomic E-state index is 12.9. The van der Waals surface area contributed by atoms with Gasteiger partial charge < -0.3 is 25.4 Å². The number of nitrogens with zero attached hydrogens (tertiary/aromatic N) is 1. The van der Waals surface area contributed by atoms with E-state index in [1.165, 1.54) is 12.1 Å². The van der Waals surface area contributed by atoms with Crippen LogP contribution in [0.3, 0.4) is 0 Å². The fourth-order valence-electron chi connectivity index (χ4n) is 3.89. The zero-order valence-corrected chi connectivity index (χ0v) is 18.8. The van der Waals surface area contributed by atoms with Crippen molar-refractivity contribution in [1.29, 1.82) is 0 Å². The number of phenolic OH excluding ortho intramolecular Hbond substituents is 1. The topological polar surface area (TPSA) is 140 Å². The number of H-pyrrole nitrogens is 2. The average Bonchev–Trinajstić information content (AvgIpc) is 2.87. The minimum atomic E-state index is -0.589. The van der Waals surface area contributed by atoms with Crippen LogP contribution in [0, 0.1) is 0 Å². The number of nitrogens with one attached hydrogen (secondary N) is 4. The van der Waals surface area contributed by atoms with Gasteiger partial charge in [0.2, 0.25) is 0 Å². The van der Waals surface area contributed by atoms with Gasteiger partial charge in [-0.25, -0.2) is 0 Å². The fourth-order valence-corrected chi connectivity index (χ4v) is 3.89. The third-order valence-electron chi connectivity index (χ3n) is 5.75. The maximum absolute atomic E-state index is 12.9. The summed E-state index contributed by atoms with van der Waals surface area (Å²) in [5, 5.41) is 21.5. The van der Waals surface area contributed by atoms with Crippen molar-refractivity contribution in [2.24, 2.45) is 0 Å². The van der Waals surface area contributed by atoms with Crippen molar-refractivity contribution in [2.75, 3.05) is 36.9 Å². The van der Waals surface area contributed by atoms with E-state index < -0.39 is 11.1 Å². The second-order valence-electron chi connectivity index (χ2n) is 7.91. The van der Waals surface area contributed by atoms with Crippen LogP contribution in [0.15, 0.2) is 58.1 Å². The van der Waals surface area contributed by atoms with E-state index in [0.29, 0.717) is 32.7 Å². The number of benzene rings is 2. The second-order valence-corrected chi connectivity index (χ2v) is 7.91. The van der Waals surface area contributed by atoms with Gasteiger partial charge in [-0.3, -0.25) is 24.6 Å². The zero-order valence-electron chi connectivity index (χ0n) is 18.8. The normalized spacial score (nSPS) is 14.4. The summed E-state index contributed by atoms with van der Waals surface area (Å²) in [6, 6.07) is 14.0. The number of carbonyl (C=O) groups is 1. The molecule has 178 valence electrons. The molecule has 5 N–H and O–H groups in total. The molecule has 0 saturated carbocycles. The number of anilines is 3. The number of amides is 1. The van der Waals surface area contributed by atoms with Crippen LogP contribution in [0.1, 0.15) is 35.3 Å². The number of aromatic hydroxyl groups is 1. The van der Waals surface area contributed by atoms with Gasteiger partial charge in [0.15, 0.2) is 5.75 Å². The maximum Gasteiger partial charge on any atom is 0.288 e. The highest BCUT2D eigenvalue weighted by atomic mass is 16.5. The Morgan fingerprint density at radius 3 is 2.38 bits per heavy atom. The number of carbonyl (C=O) groups excluding carboxylic acids is 1. The van der Waals surface area contributed by atoms with Crippen molar-refractivity contribution < 1.29 is 14.6 Å². The molecule has 4 rings (SSSR count). The summed E-state index contributed by atoms with van der Waals surface area (Å²) in [4.78, 5) is 39.9. The molecule has 1 aliphatic rings. The summed E-state index contributed by atoms with van der Waals surface area (Å²) >= 11 is 0. The number of para-hydroxylation sites is 1. The van der Waals surface area contributed by atoms with E-state index in [2.05, 4.69) is 20.8 Å². The molecular weight excluding hydrogens is 438 g/mol. The Bertz CT molecular complexity index is 1260. The number of aromatic amines is 2. The largest absolute Gasteiger partial charge is 0.505 e. The number of phenols is 1. The van der Waals surface area contributed by atoms with Crippen molar-refractivity contribution in [3.05, 3.63) is 80.4 Å². The van der Waals surface area contributed by atoms with Gasteiger partial charge in [-0.2, -0.15) is 0 Å². The van der Waals surface area contributed by atoms with Gasteiger partial charge in [-0.05, 0) is 24.1 Å². The molecule has 10 heteroatoms. The Kier molecular flexibility index (Phi) is 6.98. The molecule has 1 unspecified atom stereocenters.